The Kier molecular flexibility index (Phi) is 3.30. The molecule has 3 heterocycles. The molecule has 0 saturated carbocycles. The van der Waals surface area contributed by atoms with Crippen LogP contribution in [0.1, 0.15) is 10.5 Å². The van der Waals surface area contributed by atoms with Crippen LogP contribution in [0.2, 0.25) is 0 Å². The number of aromatic nitrogens is 3. The molecule has 1 fully saturated rings. The van der Waals surface area contributed by atoms with Crippen LogP contribution in [0.25, 0.3) is 11.3 Å². The highest BCUT2D eigenvalue weighted by Gasteiger charge is 2.41. The molecule has 1 aliphatic heterocycles. The van der Waals surface area contributed by atoms with Crippen molar-refractivity contribution in [1.82, 2.24) is 20.3 Å². The number of nitrogen functional groups attached to an aromatic ring is 1. The summed E-state index contributed by atoms with van der Waals surface area (Å²) in [5.41, 5.74) is 7.26. The Morgan fingerprint density at radius 3 is 2.78 bits per heavy atom. The van der Waals surface area contributed by atoms with Gasteiger partial charge in [-0.05, 0) is 6.07 Å². The van der Waals surface area contributed by atoms with Crippen molar-refractivity contribution in [1.29, 1.82) is 0 Å². The van der Waals surface area contributed by atoms with E-state index in [1.165, 1.54) is 25.7 Å². The molecule has 3 rings (SSSR count). The van der Waals surface area contributed by atoms with E-state index in [2.05, 4.69) is 25.0 Å². The topological polar surface area (TPSA) is 135 Å². The highest BCUT2D eigenvalue weighted by Crippen LogP contribution is 2.39. The van der Waals surface area contributed by atoms with Crippen molar-refractivity contribution in [2.75, 3.05) is 29.7 Å². The van der Waals surface area contributed by atoms with E-state index in [9.17, 15) is 9.00 Å². The van der Waals surface area contributed by atoms with Crippen molar-refractivity contribution >= 4 is 26.9 Å². The van der Waals surface area contributed by atoms with Gasteiger partial charge in [0.1, 0.15) is 0 Å². The molecule has 23 heavy (non-hydrogen) atoms. The summed E-state index contributed by atoms with van der Waals surface area (Å²) in [5.74, 6) is -0.218. The molecule has 1 saturated heterocycles. The molecule has 0 atom stereocenters. The lowest BCUT2D eigenvalue weighted by Crippen LogP contribution is -2.23. The summed E-state index contributed by atoms with van der Waals surface area (Å²) in [4.78, 5) is 24.0. The van der Waals surface area contributed by atoms with Crippen LogP contribution in [-0.4, -0.2) is 44.3 Å². The SMILES string of the molecule is CNC(=O)c1nc(-c2cncc(NS3(C)(=O)CO3)c2)cnc1N. The Labute approximate surface area is 132 Å². The van der Waals surface area contributed by atoms with E-state index in [-0.39, 0.29) is 17.5 Å². The van der Waals surface area contributed by atoms with Gasteiger partial charge in [0.15, 0.2) is 17.5 Å². The van der Waals surface area contributed by atoms with Gasteiger partial charge in [0.25, 0.3) is 5.91 Å². The summed E-state index contributed by atoms with van der Waals surface area (Å²) in [6, 6.07) is 1.70. The van der Waals surface area contributed by atoms with Crippen molar-refractivity contribution in [2.45, 2.75) is 0 Å². The van der Waals surface area contributed by atoms with Gasteiger partial charge in [0.05, 0.1) is 23.8 Å². The van der Waals surface area contributed by atoms with E-state index in [1.807, 2.05) is 0 Å². The first-order valence-corrected chi connectivity index (χ1v) is 9.12. The lowest BCUT2D eigenvalue weighted by molar-refractivity contribution is 0.0959. The number of hydrogen-bond acceptors (Lipinski definition) is 7. The minimum atomic E-state index is -3.19. The largest absolute Gasteiger partial charge is 0.382 e. The molecule has 10 heteroatoms. The Balaban J connectivity index is 1.96. The van der Waals surface area contributed by atoms with Crippen LogP contribution in [0.3, 0.4) is 0 Å². The fourth-order valence-electron chi connectivity index (χ4n) is 1.91. The average Bonchev–Trinajstić information content (AvgIpc) is 3.17. The fourth-order valence-corrected chi connectivity index (χ4v) is 3.47. The third kappa shape index (κ3) is 3.12. The van der Waals surface area contributed by atoms with Crippen LogP contribution >= 0.6 is 0 Å². The summed E-state index contributed by atoms with van der Waals surface area (Å²) >= 11 is 0. The summed E-state index contributed by atoms with van der Waals surface area (Å²) in [6.45, 7) is 0. The van der Waals surface area contributed by atoms with Gasteiger partial charge >= 0.3 is 0 Å². The molecule has 0 unspecified atom stereocenters. The fraction of sp³-hybridized carbons (Fsp3) is 0.231. The molecule has 2 aromatic heterocycles. The molecular weight excluding hydrogens is 320 g/mol. The van der Waals surface area contributed by atoms with Crippen LogP contribution in [0.15, 0.2) is 24.7 Å². The maximum Gasteiger partial charge on any atom is 0.273 e. The van der Waals surface area contributed by atoms with Gasteiger partial charge in [-0.15, -0.1) is 9.53 Å². The predicted molar refractivity (Wildman–Crippen MR) is 86.7 cm³/mol. The quantitative estimate of drug-likeness (QED) is 0.677. The minimum absolute atomic E-state index is 0.0356. The van der Waals surface area contributed by atoms with Crippen molar-refractivity contribution in [3.05, 3.63) is 30.4 Å². The standard InChI is InChI=1S/C13H16N6O3S/c1-15-13(20)11-12(14)17-6-10(18-11)8-3-9(5-16-4-8)19-23(2,21)7-22-23/h3-6H,7H2,1-2H3,(H2,14,17)(H,15,20)(H,19,21). The summed E-state index contributed by atoms with van der Waals surface area (Å²) in [6.07, 6.45) is 6.06. The number of hydrogen-bond donors (Lipinski definition) is 3. The average molecular weight is 336 g/mol. The number of carbonyl (C=O) groups excluding carboxylic acids is 1. The number of pyridine rings is 1. The highest BCUT2D eigenvalue weighted by atomic mass is 32.3. The third-order valence-electron chi connectivity index (χ3n) is 3.22. The van der Waals surface area contributed by atoms with E-state index < -0.39 is 15.4 Å². The van der Waals surface area contributed by atoms with Crippen LogP contribution in [0.4, 0.5) is 11.5 Å². The van der Waals surface area contributed by atoms with Crippen LogP contribution in [0.5, 0.6) is 0 Å². The van der Waals surface area contributed by atoms with E-state index in [4.69, 9.17) is 9.92 Å². The first kappa shape index (κ1) is 15.3. The molecule has 9 nitrogen and oxygen atoms in total. The Morgan fingerprint density at radius 1 is 1.39 bits per heavy atom. The third-order valence-corrected chi connectivity index (χ3v) is 5.11. The molecule has 0 aliphatic carbocycles. The maximum absolute atomic E-state index is 12.3. The summed E-state index contributed by atoms with van der Waals surface area (Å²) in [5, 5.41) is 2.45. The second-order valence-corrected chi connectivity index (χ2v) is 8.87. The van der Waals surface area contributed by atoms with Gasteiger partial charge in [-0.1, -0.05) is 0 Å². The molecule has 0 bridgehead atoms. The second kappa shape index (κ2) is 4.96. The second-order valence-electron chi connectivity index (χ2n) is 5.31. The van der Waals surface area contributed by atoms with Crippen molar-refractivity contribution in [3.63, 3.8) is 0 Å². The number of nitrogens with one attached hydrogen (secondary N) is 2. The van der Waals surface area contributed by atoms with Crippen LogP contribution in [0, 0.1) is 0 Å². The van der Waals surface area contributed by atoms with E-state index in [0.717, 1.165) is 0 Å². The molecule has 0 radical (unpaired) electrons. The zero-order chi connectivity index (χ0) is 16.7. The van der Waals surface area contributed by atoms with Crippen molar-refractivity contribution in [2.24, 2.45) is 0 Å². The van der Waals surface area contributed by atoms with E-state index in [0.29, 0.717) is 16.9 Å². The Bertz CT molecular complexity index is 861. The minimum Gasteiger partial charge on any atom is -0.382 e. The van der Waals surface area contributed by atoms with Gasteiger partial charge < -0.3 is 11.1 Å². The monoisotopic (exact) mass is 336 g/mol. The molecule has 1 aliphatic rings. The van der Waals surface area contributed by atoms with Gasteiger partial charge in [-0.2, -0.15) is 4.21 Å². The molecule has 122 valence electrons. The highest BCUT2D eigenvalue weighted by molar-refractivity contribution is 8.20. The number of nitrogens with two attached hydrogens (primary N) is 1. The molecular formula is C13H16N6O3S. The molecule has 1 amide bonds. The number of nitrogens with zero attached hydrogens (tertiary/aromatic N) is 3. The molecule has 4 N–H and O–H groups in total. The van der Waals surface area contributed by atoms with Gasteiger partial charge in [-0.25, -0.2) is 14.2 Å². The first-order chi connectivity index (χ1) is 10.8. The van der Waals surface area contributed by atoms with Gasteiger partial charge in [-0.3, -0.25) is 14.5 Å². The Morgan fingerprint density at radius 2 is 2.13 bits per heavy atom. The zero-order valence-corrected chi connectivity index (χ0v) is 13.4. The molecule has 2 aromatic rings. The lowest BCUT2D eigenvalue weighted by Gasteiger charge is -2.22. The Hall–Kier alpha value is -2.59. The lowest BCUT2D eigenvalue weighted by atomic mass is 10.2. The van der Waals surface area contributed by atoms with Crippen molar-refractivity contribution < 1.29 is 13.2 Å². The predicted octanol–water partition coefficient (Wildman–Crippen LogP) is 0.160. The number of rotatable bonds is 4. The number of carbonyl (C=O) groups is 1. The first-order valence-electron chi connectivity index (χ1n) is 6.65. The van der Waals surface area contributed by atoms with Crippen LogP contribution in [-0.2, 0) is 13.7 Å². The van der Waals surface area contributed by atoms with Crippen LogP contribution < -0.4 is 15.8 Å². The maximum atomic E-state index is 12.3. The smallest absolute Gasteiger partial charge is 0.273 e. The van der Waals surface area contributed by atoms with Gasteiger partial charge in [0, 0.05) is 25.1 Å². The zero-order valence-electron chi connectivity index (χ0n) is 12.6. The van der Waals surface area contributed by atoms with E-state index >= 15 is 0 Å². The summed E-state index contributed by atoms with van der Waals surface area (Å²) in [7, 11) is -1.71. The van der Waals surface area contributed by atoms with E-state index in [1.54, 1.807) is 12.3 Å². The summed E-state index contributed by atoms with van der Waals surface area (Å²) < 4.78 is 20.2. The van der Waals surface area contributed by atoms with Gasteiger partial charge in [0.2, 0.25) is 0 Å². The molecule has 0 aromatic carbocycles. The normalized spacial score (nSPS) is 19.1. The number of anilines is 2. The number of amides is 1. The molecule has 0 spiro atoms. The van der Waals surface area contributed by atoms with Crippen molar-refractivity contribution in [3.8, 4) is 11.3 Å².